The maximum absolute atomic E-state index is 13.7. The Hall–Kier alpha value is -1.88. The highest BCUT2D eigenvalue weighted by atomic mass is 35.5. The molecule has 0 bridgehead atoms. The number of ether oxygens (including phenoxy) is 2. The Morgan fingerprint density at radius 3 is 2.57 bits per heavy atom. The third-order valence-corrected chi connectivity index (χ3v) is 3.07. The average molecular weight is 311 g/mol. The third kappa shape index (κ3) is 3.61. The predicted octanol–water partition coefficient (Wildman–Crippen LogP) is 4.37. The molecule has 6 heteroatoms. The van der Waals surface area contributed by atoms with Crippen LogP contribution < -0.4 is 9.47 Å². The zero-order valence-corrected chi connectivity index (χ0v) is 13.0. The fourth-order valence-electron chi connectivity index (χ4n) is 1.82. The molecule has 112 valence electrons. The van der Waals surface area contributed by atoms with Crippen LogP contribution in [0, 0.1) is 5.82 Å². The number of methoxy groups -OCH3 is 1. The zero-order chi connectivity index (χ0) is 15.6. The van der Waals surface area contributed by atoms with Gasteiger partial charge in [-0.2, -0.15) is 9.37 Å². The normalized spacial score (nSPS) is 11.3. The van der Waals surface area contributed by atoms with Gasteiger partial charge < -0.3 is 9.47 Å². The van der Waals surface area contributed by atoms with Crippen molar-refractivity contribution in [1.82, 2.24) is 9.97 Å². The van der Waals surface area contributed by atoms with Crippen molar-refractivity contribution >= 4 is 11.6 Å². The van der Waals surface area contributed by atoms with Crippen LogP contribution in [-0.2, 0) is 5.41 Å². The summed E-state index contributed by atoms with van der Waals surface area (Å²) in [4.78, 5) is 7.32. The van der Waals surface area contributed by atoms with Gasteiger partial charge in [-0.1, -0.05) is 20.8 Å². The van der Waals surface area contributed by atoms with Gasteiger partial charge in [-0.15, -0.1) is 0 Å². The van der Waals surface area contributed by atoms with E-state index in [1.807, 2.05) is 26.8 Å². The first kappa shape index (κ1) is 15.5. The maximum atomic E-state index is 13.7. The molecule has 0 amide bonds. The van der Waals surface area contributed by atoms with Crippen molar-refractivity contribution in [3.05, 3.63) is 41.1 Å². The van der Waals surface area contributed by atoms with Crippen LogP contribution in [0.1, 0.15) is 26.3 Å². The van der Waals surface area contributed by atoms with Crippen LogP contribution in [0.4, 0.5) is 4.39 Å². The number of hydrogen-bond donors (Lipinski definition) is 0. The Kier molecular flexibility index (Phi) is 4.32. The summed E-state index contributed by atoms with van der Waals surface area (Å²) in [6.45, 7) is 6.08. The van der Waals surface area contributed by atoms with E-state index in [2.05, 4.69) is 9.97 Å². The molecule has 0 aliphatic rings. The van der Waals surface area contributed by atoms with Crippen LogP contribution >= 0.6 is 11.6 Å². The van der Waals surface area contributed by atoms with E-state index in [4.69, 9.17) is 21.1 Å². The number of hydrogen-bond acceptors (Lipinski definition) is 4. The van der Waals surface area contributed by atoms with Gasteiger partial charge in [0.1, 0.15) is 11.5 Å². The molecular formula is C15H16ClFN2O2. The molecule has 0 unspecified atom stereocenters. The minimum Gasteiger partial charge on any atom is -0.497 e. The van der Waals surface area contributed by atoms with Crippen molar-refractivity contribution in [3.63, 3.8) is 0 Å². The number of aromatic nitrogens is 2. The molecule has 4 nitrogen and oxygen atoms in total. The molecule has 2 rings (SSSR count). The molecule has 2 aromatic rings. The highest BCUT2D eigenvalue weighted by molar-refractivity contribution is 6.28. The lowest BCUT2D eigenvalue weighted by molar-refractivity contribution is 0.394. The summed E-state index contributed by atoms with van der Waals surface area (Å²) in [5.41, 5.74) is 0.660. The van der Waals surface area contributed by atoms with Gasteiger partial charge in [0.05, 0.1) is 13.3 Å². The van der Waals surface area contributed by atoms with Gasteiger partial charge in [0.2, 0.25) is 11.1 Å². The highest BCUT2D eigenvalue weighted by Crippen LogP contribution is 2.36. The van der Waals surface area contributed by atoms with Crippen molar-refractivity contribution in [2.45, 2.75) is 26.2 Å². The fourth-order valence-corrected chi connectivity index (χ4v) is 1.94. The lowest BCUT2D eigenvalue weighted by Crippen LogP contribution is -2.13. The lowest BCUT2D eigenvalue weighted by atomic mass is 9.86. The average Bonchev–Trinajstić information content (AvgIpc) is 2.42. The molecule has 0 aliphatic heterocycles. The lowest BCUT2D eigenvalue weighted by Gasteiger charge is -2.23. The van der Waals surface area contributed by atoms with Crippen LogP contribution in [0.2, 0.25) is 5.28 Å². The van der Waals surface area contributed by atoms with Crippen LogP contribution in [0.25, 0.3) is 0 Å². The minimum atomic E-state index is -0.671. The molecule has 1 heterocycles. The zero-order valence-electron chi connectivity index (χ0n) is 12.3. The number of benzene rings is 1. The Balaban J connectivity index is 2.46. The van der Waals surface area contributed by atoms with Crippen molar-refractivity contribution in [2.75, 3.05) is 7.11 Å². The molecule has 0 spiro atoms. The van der Waals surface area contributed by atoms with E-state index in [9.17, 15) is 4.39 Å². The van der Waals surface area contributed by atoms with E-state index in [1.165, 1.54) is 0 Å². The molecule has 0 saturated heterocycles. The Morgan fingerprint density at radius 2 is 1.95 bits per heavy atom. The molecule has 0 radical (unpaired) electrons. The first-order valence-corrected chi connectivity index (χ1v) is 6.73. The summed E-state index contributed by atoms with van der Waals surface area (Å²) in [5, 5.41) is -0.0720. The van der Waals surface area contributed by atoms with Gasteiger partial charge in [-0.05, 0) is 35.2 Å². The third-order valence-electron chi connectivity index (χ3n) is 2.88. The number of nitrogens with zero attached hydrogens (tertiary/aromatic N) is 2. The summed E-state index contributed by atoms with van der Waals surface area (Å²) < 4.78 is 24.5. The summed E-state index contributed by atoms with van der Waals surface area (Å²) >= 11 is 5.67. The van der Waals surface area contributed by atoms with E-state index in [1.54, 1.807) is 19.2 Å². The molecule has 0 fully saturated rings. The number of rotatable bonds is 3. The molecule has 0 atom stereocenters. The SMILES string of the molecule is COc1ccc(Oc2nc(Cl)ncc2F)c(C(C)(C)C)c1. The van der Waals surface area contributed by atoms with Gasteiger partial charge in [-0.25, -0.2) is 4.98 Å². The fraction of sp³-hybridized carbons (Fsp3) is 0.333. The van der Waals surface area contributed by atoms with Crippen molar-refractivity contribution < 1.29 is 13.9 Å². The van der Waals surface area contributed by atoms with Crippen LogP contribution in [0.5, 0.6) is 17.4 Å². The van der Waals surface area contributed by atoms with Gasteiger partial charge in [-0.3, -0.25) is 0 Å². The minimum absolute atomic E-state index is 0.0720. The van der Waals surface area contributed by atoms with E-state index in [0.29, 0.717) is 11.5 Å². The second-order valence-electron chi connectivity index (χ2n) is 5.51. The molecule has 1 aromatic carbocycles. The summed E-state index contributed by atoms with van der Waals surface area (Å²) in [7, 11) is 1.59. The maximum Gasteiger partial charge on any atom is 0.260 e. The van der Waals surface area contributed by atoms with E-state index < -0.39 is 5.82 Å². The molecule has 0 aliphatic carbocycles. The molecule has 0 saturated carbocycles. The van der Waals surface area contributed by atoms with Crippen LogP contribution in [-0.4, -0.2) is 17.1 Å². The van der Waals surface area contributed by atoms with E-state index >= 15 is 0 Å². The Morgan fingerprint density at radius 1 is 1.24 bits per heavy atom. The van der Waals surface area contributed by atoms with Crippen molar-refractivity contribution in [3.8, 4) is 17.4 Å². The second-order valence-corrected chi connectivity index (χ2v) is 5.84. The Labute approximate surface area is 127 Å². The topological polar surface area (TPSA) is 44.2 Å². The summed E-state index contributed by atoms with van der Waals surface area (Å²) in [6.07, 6.45) is 0.977. The van der Waals surface area contributed by atoms with Gasteiger partial charge in [0.25, 0.3) is 5.88 Å². The standard InChI is InChI=1S/C15H16ClFN2O2/c1-15(2,3)10-7-9(20-4)5-6-12(10)21-13-11(17)8-18-14(16)19-13/h5-8H,1-4H3. The first-order chi connectivity index (χ1) is 9.81. The van der Waals surface area contributed by atoms with Crippen molar-refractivity contribution in [1.29, 1.82) is 0 Å². The molecule has 0 N–H and O–H groups in total. The number of halogens is 2. The molecule has 21 heavy (non-hydrogen) atoms. The van der Waals surface area contributed by atoms with Gasteiger partial charge >= 0.3 is 0 Å². The summed E-state index contributed by atoms with van der Waals surface area (Å²) in [5.74, 6) is 0.325. The molecular weight excluding hydrogens is 295 g/mol. The van der Waals surface area contributed by atoms with Crippen LogP contribution in [0.3, 0.4) is 0 Å². The van der Waals surface area contributed by atoms with Crippen LogP contribution in [0.15, 0.2) is 24.4 Å². The van der Waals surface area contributed by atoms with Gasteiger partial charge in [0, 0.05) is 5.56 Å². The van der Waals surface area contributed by atoms with Crippen molar-refractivity contribution in [2.24, 2.45) is 0 Å². The predicted molar refractivity (Wildman–Crippen MR) is 78.8 cm³/mol. The highest BCUT2D eigenvalue weighted by Gasteiger charge is 2.21. The largest absolute Gasteiger partial charge is 0.497 e. The monoisotopic (exact) mass is 310 g/mol. The Bertz CT molecular complexity index is 657. The van der Waals surface area contributed by atoms with Gasteiger partial charge in [0.15, 0.2) is 0 Å². The first-order valence-electron chi connectivity index (χ1n) is 6.35. The van der Waals surface area contributed by atoms with E-state index in [0.717, 1.165) is 11.8 Å². The van der Waals surface area contributed by atoms with E-state index in [-0.39, 0.29) is 16.6 Å². The summed E-state index contributed by atoms with van der Waals surface area (Å²) in [6, 6.07) is 5.32. The smallest absolute Gasteiger partial charge is 0.260 e. The quantitative estimate of drug-likeness (QED) is 0.790. The second kappa shape index (κ2) is 5.85. The molecule has 1 aromatic heterocycles.